The van der Waals surface area contributed by atoms with E-state index >= 15 is 0 Å². The van der Waals surface area contributed by atoms with Crippen LogP contribution in [-0.4, -0.2) is 42.6 Å². The Morgan fingerprint density at radius 1 is 1.22 bits per heavy atom. The predicted octanol–water partition coefficient (Wildman–Crippen LogP) is 0.826. The fourth-order valence-electron chi connectivity index (χ4n) is 1.99. The number of benzene rings is 1. The average molecular weight is 322 g/mol. The highest BCUT2D eigenvalue weighted by atomic mass is 16.5. The number of methoxy groups -OCH3 is 1. The number of amides is 2. The molecule has 23 heavy (non-hydrogen) atoms. The highest BCUT2D eigenvalue weighted by molar-refractivity contribution is 5.98. The lowest BCUT2D eigenvalue weighted by Gasteiger charge is -2.18. The normalized spacial score (nSPS) is 11.7. The van der Waals surface area contributed by atoms with Gasteiger partial charge in [-0.15, -0.1) is 0 Å². The maximum Gasteiger partial charge on any atom is 0.328 e. The molecule has 0 aliphatic carbocycles. The van der Waals surface area contributed by atoms with Crippen molar-refractivity contribution >= 4 is 17.8 Å². The summed E-state index contributed by atoms with van der Waals surface area (Å²) in [6.45, 7) is 3.53. The number of phenolic OH excluding ortho intramolecular Hbond substituents is 1. The molecule has 1 aromatic rings. The largest absolute Gasteiger partial charge is 0.507 e. The van der Waals surface area contributed by atoms with Gasteiger partial charge < -0.3 is 20.5 Å². The zero-order valence-corrected chi connectivity index (χ0v) is 13.5. The summed E-state index contributed by atoms with van der Waals surface area (Å²) in [5.41, 5.74) is 0.0759. The van der Waals surface area contributed by atoms with Crippen molar-refractivity contribution in [3.05, 3.63) is 29.8 Å². The fourth-order valence-corrected chi connectivity index (χ4v) is 1.99. The van der Waals surface area contributed by atoms with E-state index in [1.165, 1.54) is 19.2 Å². The van der Waals surface area contributed by atoms with Gasteiger partial charge in [0.25, 0.3) is 5.91 Å². The van der Waals surface area contributed by atoms with E-state index in [9.17, 15) is 19.5 Å². The molecule has 0 saturated heterocycles. The Balaban J connectivity index is 2.56. The first-order chi connectivity index (χ1) is 10.8. The van der Waals surface area contributed by atoms with Crippen LogP contribution in [0.3, 0.4) is 0 Å². The summed E-state index contributed by atoms with van der Waals surface area (Å²) in [5.74, 6) is -1.59. The van der Waals surface area contributed by atoms with Crippen molar-refractivity contribution in [2.45, 2.75) is 26.3 Å². The summed E-state index contributed by atoms with van der Waals surface area (Å²) < 4.78 is 4.65. The van der Waals surface area contributed by atoms with E-state index in [1.807, 2.05) is 13.8 Å². The number of esters is 1. The van der Waals surface area contributed by atoms with Crippen LogP contribution in [0.5, 0.6) is 5.75 Å². The molecule has 0 bridgehead atoms. The number of para-hydroxylation sites is 1. The Kier molecular flexibility index (Phi) is 7.05. The van der Waals surface area contributed by atoms with Gasteiger partial charge in [-0.1, -0.05) is 26.0 Å². The monoisotopic (exact) mass is 322 g/mol. The van der Waals surface area contributed by atoms with Crippen molar-refractivity contribution in [3.8, 4) is 5.75 Å². The van der Waals surface area contributed by atoms with Crippen LogP contribution < -0.4 is 10.6 Å². The summed E-state index contributed by atoms with van der Waals surface area (Å²) in [5, 5.41) is 14.5. The number of nitrogens with one attached hydrogen (secondary N) is 2. The van der Waals surface area contributed by atoms with Gasteiger partial charge in [0.1, 0.15) is 11.8 Å². The van der Waals surface area contributed by atoms with Gasteiger partial charge in [-0.3, -0.25) is 9.59 Å². The molecule has 7 nitrogen and oxygen atoms in total. The van der Waals surface area contributed by atoms with E-state index in [-0.39, 0.29) is 23.8 Å². The van der Waals surface area contributed by atoms with Crippen LogP contribution in [0.25, 0.3) is 0 Å². The zero-order valence-electron chi connectivity index (χ0n) is 13.5. The number of carbonyl (C=O) groups is 3. The first kappa shape index (κ1) is 18.5. The van der Waals surface area contributed by atoms with Gasteiger partial charge in [0.05, 0.1) is 19.2 Å². The smallest absolute Gasteiger partial charge is 0.328 e. The summed E-state index contributed by atoms with van der Waals surface area (Å²) in [7, 11) is 1.25. The van der Waals surface area contributed by atoms with E-state index in [0.717, 1.165) is 0 Å². The van der Waals surface area contributed by atoms with Crippen LogP contribution in [-0.2, 0) is 14.3 Å². The summed E-state index contributed by atoms with van der Waals surface area (Å²) in [6, 6.07) is 5.26. The lowest BCUT2D eigenvalue weighted by atomic mass is 10.0. The van der Waals surface area contributed by atoms with Gasteiger partial charge in [-0.25, -0.2) is 4.79 Å². The third-order valence-corrected chi connectivity index (χ3v) is 3.09. The van der Waals surface area contributed by atoms with E-state index in [0.29, 0.717) is 6.42 Å². The Morgan fingerprint density at radius 2 is 1.87 bits per heavy atom. The average Bonchev–Trinajstić information content (AvgIpc) is 2.51. The second kappa shape index (κ2) is 8.77. The molecule has 0 radical (unpaired) electrons. The maximum atomic E-state index is 11.9. The Hall–Kier alpha value is -2.57. The third-order valence-electron chi connectivity index (χ3n) is 3.09. The van der Waals surface area contributed by atoms with Crippen molar-refractivity contribution in [1.29, 1.82) is 0 Å². The van der Waals surface area contributed by atoms with Crippen molar-refractivity contribution in [3.63, 3.8) is 0 Å². The molecule has 1 aromatic carbocycles. The van der Waals surface area contributed by atoms with Gasteiger partial charge >= 0.3 is 5.97 Å². The minimum absolute atomic E-state index is 0.0759. The quantitative estimate of drug-likeness (QED) is 0.645. The minimum Gasteiger partial charge on any atom is -0.507 e. The van der Waals surface area contributed by atoms with Crippen LogP contribution in [0, 0.1) is 5.92 Å². The van der Waals surface area contributed by atoms with Crippen molar-refractivity contribution in [1.82, 2.24) is 10.6 Å². The second-order valence-corrected chi connectivity index (χ2v) is 5.47. The molecule has 0 spiro atoms. The lowest BCUT2D eigenvalue weighted by Crippen LogP contribution is -2.46. The van der Waals surface area contributed by atoms with Crippen LogP contribution in [0.1, 0.15) is 30.6 Å². The number of rotatable bonds is 7. The standard InChI is InChI=1S/C16H22N2O5/c1-10(2)8-12(16(22)23-3)18-14(20)9-17-15(21)11-6-4-5-7-13(11)19/h4-7,10,12,19H,8-9H2,1-3H3,(H,17,21)(H,18,20)/t12-/m0/s1. The maximum absolute atomic E-state index is 11.9. The SMILES string of the molecule is COC(=O)[C@H](CC(C)C)NC(=O)CNC(=O)c1ccccc1O. The molecule has 0 heterocycles. The molecule has 3 N–H and O–H groups in total. The van der Waals surface area contributed by atoms with Crippen molar-refractivity contribution < 1.29 is 24.2 Å². The van der Waals surface area contributed by atoms with Crippen LogP contribution >= 0.6 is 0 Å². The first-order valence-corrected chi connectivity index (χ1v) is 7.28. The van der Waals surface area contributed by atoms with Gasteiger partial charge in [-0.05, 0) is 24.5 Å². The lowest BCUT2D eigenvalue weighted by molar-refractivity contribution is -0.145. The summed E-state index contributed by atoms with van der Waals surface area (Å²) >= 11 is 0. The van der Waals surface area contributed by atoms with Crippen LogP contribution in [0.2, 0.25) is 0 Å². The molecule has 126 valence electrons. The van der Waals surface area contributed by atoms with Crippen molar-refractivity contribution in [2.24, 2.45) is 5.92 Å². The summed E-state index contributed by atoms with van der Waals surface area (Å²) in [6.07, 6.45) is 0.436. The molecule has 0 saturated carbocycles. The number of hydrogen-bond acceptors (Lipinski definition) is 5. The number of aromatic hydroxyl groups is 1. The highest BCUT2D eigenvalue weighted by Gasteiger charge is 2.22. The molecule has 0 aliphatic rings. The Bertz CT molecular complexity index is 571. The molecule has 0 aliphatic heterocycles. The molecule has 7 heteroatoms. The first-order valence-electron chi connectivity index (χ1n) is 7.28. The topological polar surface area (TPSA) is 105 Å². The minimum atomic E-state index is -0.755. The zero-order chi connectivity index (χ0) is 17.4. The van der Waals surface area contributed by atoms with Crippen LogP contribution in [0.4, 0.5) is 0 Å². The third kappa shape index (κ3) is 5.98. The second-order valence-electron chi connectivity index (χ2n) is 5.47. The predicted molar refractivity (Wildman–Crippen MR) is 83.8 cm³/mol. The van der Waals surface area contributed by atoms with Crippen LogP contribution in [0.15, 0.2) is 24.3 Å². The van der Waals surface area contributed by atoms with Gasteiger partial charge in [0, 0.05) is 0 Å². The molecule has 1 atom stereocenters. The number of hydrogen-bond donors (Lipinski definition) is 3. The molecular weight excluding hydrogens is 300 g/mol. The Labute approximate surface area is 135 Å². The van der Waals surface area contributed by atoms with E-state index in [4.69, 9.17) is 0 Å². The van der Waals surface area contributed by atoms with E-state index in [2.05, 4.69) is 15.4 Å². The molecule has 2 amide bonds. The molecule has 0 unspecified atom stereocenters. The number of ether oxygens (including phenoxy) is 1. The fraction of sp³-hybridized carbons (Fsp3) is 0.438. The molecule has 0 fully saturated rings. The van der Waals surface area contributed by atoms with Gasteiger partial charge in [-0.2, -0.15) is 0 Å². The molecule has 1 rings (SSSR count). The van der Waals surface area contributed by atoms with Gasteiger partial charge in [0.15, 0.2) is 0 Å². The van der Waals surface area contributed by atoms with Gasteiger partial charge in [0.2, 0.25) is 5.91 Å². The van der Waals surface area contributed by atoms with E-state index in [1.54, 1.807) is 12.1 Å². The highest BCUT2D eigenvalue weighted by Crippen LogP contribution is 2.14. The molecule has 0 aromatic heterocycles. The molecular formula is C16H22N2O5. The van der Waals surface area contributed by atoms with Crippen molar-refractivity contribution in [2.75, 3.05) is 13.7 Å². The van der Waals surface area contributed by atoms with E-state index < -0.39 is 23.8 Å². The Morgan fingerprint density at radius 3 is 2.43 bits per heavy atom. The number of phenols is 1. The summed E-state index contributed by atoms with van der Waals surface area (Å²) in [4.78, 5) is 35.4. The number of carbonyl (C=O) groups excluding carboxylic acids is 3.